The van der Waals surface area contributed by atoms with E-state index in [2.05, 4.69) is 25.7 Å². The number of carbonyl (C=O) groups excluding carboxylic acids is 2. The van der Waals surface area contributed by atoms with Gasteiger partial charge < -0.3 is 5.32 Å². The van der Waals surface area contributed by atoms with Gasteiger partial charge in [0, 0.05) is 23.7 Å². The molecule has 1 N–H and O–H groups in total. The molecule has 0 atom stereocenters. The first-order chi connectivity index (χ1) is 15.9. The van der Waals surface area contributed by atoms with Crippen LogP contribution >= 0.6 is 0 Å². The third-order valence-corrected chi connectivity index (χ3v) is 6.11. The maximum atomic E-state index is 13.0. The summed E-state index contributed by atoms with van der Waals surface area (Å²) in [5, 5.41) is 15.7. The summed E-state index contributed by atoms with van der Waals surface area (Å²) in [6, 6.07) is 9.42. The lowest BCUT2D eigenvalue weighted by Crippen LogP contribution is -2.24. The van der Waals surface area contributed by atoms with Gasteiger partial charge in [-0.05, 0) is 80.5 Å². The van der Waals surface area contributed by atoms with Crippen molar-refractivity contribution in [1.29, 1.82) is 0 Å². The van der Waals surface area contributed by atoms with Crippen molar-refractivity contribution in [2.75, 3.05) is 0 Å². The second-order valence-electron chi connectivity index (χ2n) is 8.69. The lowest BCUT2D eigenvalue weighted by Gasteiger charge is -2.26. The minimum Gasteiger partial charge on any atom is -0.347 e. The molecule has 33 heavy (non-hydrogen) atoms. The van der Waals surface area contributed by atoms with E-state index in [1.54, 1.807) is 36.8 Å². The van der Waals surface area contributed by atoms with Crippen LogP contribution in [-0.4, -0.2) is 36.9 Å². The molecule has 0 bridgehead atoms. The van der Waals surface area contributed by atoms with Gasteiger partial charge in [-0.1, -0.05) is 12.1 Å². The molecular weight excluding hydrogens is 423 g/mol. The van der Waals surface area contributed by atoms with Gasteiger partial charge in [-0.25, -0.2) is 9.37 Å². The summed E-state index contributed by atoms with van der Waals surface area (Å²) in [6.45, 7) is 4.40. The van der Waals surface area contributed by atoms with E-state index in [4.69, 9.17) is 0 Å². The first-order valence-corrected chi connectivity index (χ1v) is 11.2. The highest BCUT2D eigenvalue weighted by Crippen LogP contribution is 2.30. The van der Waals surface area contributed by atoms with Crippen LogP contribution in [0.1, 0.15) is 54.4 Å². The van der Waals surface area contributed by atoms with Crippen LogP contribution in [0, 0.1) is 24.6 Å². The lowest BCUT2D eigenvalue weighted by molar-refractivity contribution is -0.121. The minimum atomic E-state index is -0.334. The van der Waals surface area contributed by atoms with Gasteiger partial charge in [0.05, 0.1) is 6.54 Å². The molecule has 2 heterocycles. The second-order valence-corrected chi connectivity index (χ2v) is 8.69. The Kier molecular flexibility index (Phi) is 6.86. The van der Waals surface area contributed by atoms with Gasteiger partial charge in [0.2, 0.25) is 5.82 Å². The van der Waals surface area contributed by atoms with Crippen molar-refractivity contribution in [1.82, 2.24) is 30.5 Å². The summed E-state index contributed by atoms with van der Waals surface area (Å²) < 4.78 is 13.0. The number of amides is 1. The van der Waals surface area contributed by atoms with Crippen molar-refractivity contribution in [2.45, 2.75) is 52.6 Å². The summed E-state index contributed by atoms with van der Waals surface area (Å²) >= 11 is 0. The number of ketones is 1. The average molecular weight is 451 g/mol. The number of halogens is 1. The Hall–Kier alpha value is -3.49. The molecule has 1 amide bonds. The highest BCUT2D eigenvalue weighted by atomic mass is 19.1. The zero-order valence-electron chi connectivity index (χ0n) is 18.8. The SMILES string of the molecule is CC(=O)C1CCC(Cn2nnc(-c3cc(C)nc(C(=O)NCc4ccc(F)cc4)c3)n2)CC1. The molecule has 2 aromatic heterocycles. The number of aromatic nitrogens is 5. The van der Waals surface area contributed by atoms with E-state index in [1.807, 2.05) is 6.07 Å². The normalized spacial score (nSPS) is 18.2. The van der Waals surface area contributed by atoms with Crippen LogP contribution in [0.25, 0.3) is 11.4 Å². The van der Waals surface area contributed by atoms with E-state index in [1.165, 1.54) is 12.1 Å². The summed E-state index contributed by atoms with van der Waals surface area (Å²) in [5.41, 5.74) is 2.38. The Morgan fingerprint density at radius 1 is 1.12 bits per heavy atom. The van der Waals surface area contributed by atoms with Gasteiger partial charge in [-0.15, -0.1) is 10.2 Å². The molecule has 0 unspecified atom stereocenters. The molecule has 0 saturated heterocycles. The van der Waals surface area contributed by atoms with E-state index in [0.29, 0.717) is 29.5 Å². The Balaban J connectivity index is 1.40. The predicted molar refractivity (Wildman–Crippen MR) is 119 cm³/mol. The van der Waals surface area contributed by atoms with Crippen LogP contribution in [0.4, 0.5) is 4.39 Å². The van der Waals surface area contributed by atoms with Crippen LogP contribution in [0.5, 0.6) is 0 Å². The number of benzene rings is 1. The number of nitrogens with one attached hydrogen (secondary N) is 1. The Morgan fingerprint density at radius 3 is 2.55 bits per heavy atom. The standard InChI is InChI=1S/C24H27FN6O2/c1-15-11-20(12-22(27-15)24(33)26-13-17-5-9-21(25)10-6-17)23-28-30-31(29-23)14-18-3-7-19(8-4-18)16(2)32/h5-6,9-12,18-19H,3-4,7-8,13-14H2,1-2H3,(H,26,33). The fraction of sp³-hybridized carbons (Fsp3) is 0.417. The molecule has 9 heteroatoms. The molecule has 1 aliphatic rings. The summed E-state index contributed by atoms with van der Waals surface area (Å²) in [5.74, 6) is 0.673. The zero-order chi connectivity index (χ0) is 23.4. The minimum absolute atomic E-state index is 0.188. The zero-order valence-corrected chi connectivity index (χ0v) is 18.8. The van der Waals surface area contributed by atoms with Crippen LogP contribution in [0.3, 0.4) is 0 Å². The molecule has 0 spiro atoms. The number of pyridine rings is 1. The number of tetrazole rings is 1. The third-order valence-electron chi connectivity index (χ3n) is 6.11. The quantitative estimate of drug-likeness (QED) is 0.591. The molecule has 1 aliphatic carbocycles. The number of rotatable bonds is 7. The van der Waals surface area contributed by atoms with Crippen LogP contribution in [0.15, 0.2) is 36.4 Å². The van der Waals surface area contributed by atoms with Gasteiger partial charge >= 0.3 is 0 Å². The van der Waals surface area contributed by atoms with Crippen molar-refractivity contribution in [3.05, 3.63) is 59.2 Å². The molecular formula is C24H27FN6O2. The number of Topliss-reactive ketones (excluding diaryl/α,β-unsaturated/α-hetero) is 1. The molecule has 1 fully saturated rings. The highest BCUT2D eigenvalue weighted by Gasteiger charge is 2.25. The van der Waals surface area contributed by atoms with Crippen LogP contribution < -0.4 is 5.32 Å². The highest BCUT2D eigenvalue weighted by molar-refractivity contribution is 5.93. The van der Waals surface area contributed by atoms with E-state index in [9.17, 15) is 14.0 Å². The topological polar surface area (TPSA) is 103 Å². The number of carbonyl (C=O) groups is 2. The Labute approximate surface area is 191 Å². The molecule has 0 aliphatic heterocycles. The predicted octanol–water partition coefficient (Wildman–Crippen LogP) is 3.51. The van der Waals surface area contributed by atoms with Crippen molar-refractivity contribution in [3.63, 3.8) is 0 Å². The van der Waals surface area contributed by atoms with E-state index >= 15 is 0 Å². The molecule has 1 saturated carbocycles. The lowest BCUT2D eigenvalue weighted by atomic mass is 9.80. The van der Waals surface area contributed by atoms with Crippen LogP contribution in [-0.2, 0) is 17.9 Å². The third kappa shape index (κ3) is 5.85. The van der Waals surface area contributed by atoms with Gasteiger partial charge in [-0.3, -0.25) is 9.59 Å². The largest absolute Gasteiger partial charge is 0.347 e. The fourth-order valence-corrected chi connectivity index (χ4v) is 4.21. The second kappa shape index (κ2) is 9.97. The van der Waals surface area contributed by atoms with E-state index < -0.39 is 0 Å². The van der Waals surface area contributed by atoms with Gasteiger partial charge in [0.25, 0.3) is 5.91 Å². The number of hydrogen-bond donors (Lipinski definition) is 1. The monoisotopic (exact) mass is 450 g/mol. The smallest absolute Gasteiger partial charge is 0.270 e. The first-order valence-electron chi connectivity index (χ1n) is 11.2. The first kappa shape index (κ1) is 22.7. The summed E-state index contributed by atoms with van der Waals surface area (Å²) in [4.78, 5) is 30.1. The fourth-order valence-electron chi connectivity index (χ4n) is 4.21. The van der Waals surface area contributed by atoms with Crippen LogP contribution in [0.2, 0.25) is 0 Å². The molecule has 0 radical (unpaired) electrons. The van der Waals surface area contributed by atoms with Gasteiger partial charge in [-0.2, -0.15) is 4.80 Å². The number of nitrogens with zero attached hydrogens (tertiary/aromatic N) is 5. The maximum Gasteiger partial charge on any atom is 0.270 e. The van der Waals surface area contributed by atoms with E-state index in [0.717, 1.165) is 31.2 Å². The van der Waals surface area contributed by atoms with Gasteiger partial charge in [0.15, 0.2) is 0 Å². The molecule has 4 rings (SSSR count). The van der Waals surface area contributed by atoms with Crippen molar-refractivity contribution < 1.29 is 14.0 Å². The summed E-state index contributed by atoms with van der Waals surface area (Å²) in [7, 11) is 0. The summed E-state index contributed by atoms with van der Waals surface area (Å²) in [6.07, 6.45) is 3.80. The molecule has 172 valence electrons. The molecule has 1 aromatic carbocycles. The van der Waals surface area contributed by atoms with Crippen molar-refractivity contribution in [2.24, 2.45) is 11.8 Å². The van der Waals surface area contributed by atoms with Gasteiger partial charge in [0.1, 0.15) is 17.3 Å². The number of hydrogen-bond acceptors (Lipinski definition) is 6. The molecule has 3 aromatic rings. The Bertz CT molecular complexity index is 1140. The molecule has 8 nitrogen and oxygen atoms in total. The maximum absolute atomic E-state index is 13.0. The average Bonchev–Trinajstić information content (AvgIpc) is 3.27. The Morgan fingerprint density at radius 2 is 1.85 bits per heavy atom. The van der Waals surface area contributed by atoms with Crippen molar-refractivity contribution in [3.8, 4) is 11.4 Å². The number of aryl methyl sites for hydroxylation is 1. The van der Waals surface area contributed by atoms with Crippen molar-refractivity contribution >= 4 is 11.7 Å². The van der Waals surface area contributed by atoms with E-state index in [-0.39, 0.29) is 35.7 Å².